The van der Waals surface area contributed by atoms with Crippen LogP contribution < -0.4 is 16.0 Å². The van der Waals surface area contributed by atoms with Crippen LogP contribution in [0.1, 0.15) is 27.2 Å². The number of benzene rings is 1. The molecule has 0 aliphatic heterocycles. The van der Waals surface area contributed by atoms with Crippen LogP contribution >= 0.6 is 0 Å². The zero-order chi connectivity index (χ0) is 14.3. The minimum absolute atomic E-state index is 0.0423. The van der Waals surface area contributed by atoms with Gasteiger partial charge in [0.2, 0.25) is 11.8 Å². The first-order valence-electron chi connectivity index (χ1n) is 6.42. The summed E-state index contributed by atoms with van der Waals surface area (Å²) in [6, 6.07) is 7.44. The fourth-order valence-corrected chi connectivity index (χ4v) is 1.52. The van der Waals surface area contributed by atoms with Crippen LogP contribution in [-0.2, 0) is 9.59 Å². The highest BCUT2D eigenvalue weighted by molar-refractivity contribution is 5.89. The number of carbonyl (C=O) groups is 2. The van der Waals surface area contributed by atoms with E-state index in [1.807, 2.05) is 26.0 Å². The first kappa shape index (κ1) is 15.0. The maximum atomic E-state index is 11.6. The van der Waals surface area contributed by atoms with Crippen molar-refractivity contribution in [3.05, 3.63) is 24.3 Å². The van der Waals surface area contributed by atoms with Gasteiger partial charge in [-0.1, -0.05) is 13.0 Å². The highest BCUT2D eigenvalue weighted by Gasteiger charge is 2.05. The van der Waals surface area contributed by atoms with Gasteiger partial charge in [0.1, 0.15) is 0 Å². The molecule has 1 rings (SSSR count). The lowest BCUT2D eigenvalue weighted by molar-refractivity contribution is -0.120. The molecular formula is C14H21N3O2. The van der Waals surface area contributed by atoms with Gasteiger partial charge >= 0.3 is 0 Å². The van der Waals surface area contributed by atoms with Crippen molar-refractivity contribution in [1.82, 2.24) is 5.32 Å². The molecule has 5 heteroatoms. The number of hydrogen-bond donors (Lipinski definition) is 3. The Hall–Kier alpha value is -2.04. The largest absolute Gasteiger partial charge is 0.376 e. The second kappa shape index (κ2) is 7.41. The molecule has 104 valence electrons. The molecule has 2 amide bonds. The van der Waals surface area contributed by atoms with Crippen LogP contribution in [0.25, 0.3) is 0 Å². The summed E-state index contributed by atoms with van der Waals surface area (Å²) in [5.74, 6) is -0.161. The van der Waals surface area contributed by atoms with Crippen molar-refractivity contribution in [2.45, 2.75) is 33.2 Å². The van der Waals surface area contributed by atoms with Crippen molar-refractivity contribution >= 4 is 23.2 Å². The SMILES string of the molecule is CCC(C)NC(=O)CNc1cccc(NC(C)=O)c1. The number of hydrogen-bond acceptors (Lipinski definition) is 3. The van der Waals surface area contributed by atoms with Gasteiger partial charge in [0.25, 0.3) is 0 Å². The van der Waals surface area contributed by atoms with Crippen LogP contribution in [-0.4, -0.2) is 24.4 Å². The van der Waals surface area contributed by atoms with Crippen LogP contribution in [0.3, 0.4) is 0 Å². The first-order valence-corrected chi connectivity index (χ1v) is 6.42. The Kier molecular flexibility index (Phi) is 5.85. The van der Waals surface area contributed by atoms with Crippen molar-refractivity contribution in [2.24, 2.45) is 0 Å². The van der Waals surface area contributed by atoms with Gasteiger partial charge < -0.3 is 16.0 Å². The van der Waals surface area contributed by atoms with Crippen LogP contribution in [0.5, 0.6) is 0 Å². The highest BCUT2D eigenvalue weighted by atomic mass is 16.2. The number of amides is 2. The summed E-state index contributed by atoms with van der Waals surface area (Å²) in [4.78, 5) is 22.6. The van der Waals surface area contributed by atoms with Crippen LogP contribution in [0.15, 0.2) is 24.3 Å². The van der Waals surface area contributed by atoms with Crippen LogP contribution in [0.2, 0.25) is 0 Å². The molecule has 19 heavy (non-hydrogen) atoms. The van der Waals surface area contributed by atoms with Gasteiger partial charge in [0.05, 0.1) is 6.54 Å². The predicted octanol–water partition coefficient (Wildman–Crippen LogP) is 1.97. The topological polar surface area (TPSA) is 70.2 Å². The van der Waals surface area contributed by atoms with Crippen molar-refractivity contribution < 1.29 is 9.59 Å². The van der Waals surface area contributed by atoms with Crippen LogP contribution in [0, 0.1) is 0 Å². The molecule has 1 aromatic carbocycles. The fraction of sp³-hybridized carbons (Fsp3) is 0.429. The van der Waals surface area contributed by atoms with E-state index in [1.165, 1.54) is 6.92 Å². The first-order chi connectivity index (χ1) is 9.01. The molecule has 1 aromatic rings. The Morgan fingerprint density at radius 1 is 1.26 bits per heavy atom. The monoisotopic (exact) mass is 263 g/mol. The third-order valence-electron chi connectivity index (χ3n) is 2.66. The van der Waals surface area contributed by atoms with Gasteiger partial charge in [-0.05, 0) is 31.5 Å². The van der Waals surface area contributed by atoms with Gasteiger partial charge in [0, 0.05) is 24.3 Å². The smallest absolute Gasteiger partial charge is 0.239 e. The van der Waals surface area contributed by atoms with E-state index in [0.29, 0.717) is 5.69 Å². The quantitative estimate of drug-likeness (QED) is 0.735. The van der Waals surface area contributed by atoms with Crippen molar-refractivity contribution in [1.29, 1.82) is 0 Å². The molecule has 0 bridgehead atoms. The fourth-order valence-electron chi connectivity index (χ4n) is 1.52. The zero-order valence-corrected chi connectivity index (χ0v) is 11.6. The lowest BCUT2D eigenvalue weighted by atomic mass is 10.2. The van der Waals surface area contributed by atoms with Crippen molar-refractivity contribution in [2.75, 3.05) is 17.2 Å². The minimum Gasteiger partial charge on any atom is -0.376 e. The Balaban J connectivity index is 2.49. The summed E-state index contributed by atoms with van der Waals surface area (Å²) < 4.78 is 0. The maximum Gasteiger partial charge on any atom is 0.239 e. The number of rotatable bonds is 6. The normalized spacial score (nSPS) is 11.5. The molecule has 0 radical (unpaired) electrons. The molecule has 0 aliphatic rings. The molecule has 5 nitrogen and oxygen atoms in total. The number of anilines is 2. The molecule has 0 saturated heterocycles. The molecule has 0 fully saturated rings. The average Bonchev–Trinajstić information content (AvgIpc) is 2.36. The van der Waals surface area contributed by atoms with Gasteiger partial charge in [-0.15, -0.1) is 0 Å². The lowest BCUT2D eigenvalue weighted by Gasteiger charge is -2.13. The van der Waals surface area contributed by atoms with E-state index in [2.05, 4.69) is 16.0 Å². The van der Waals surface area contributed by atoms with E-state index in [4.69, 9.17) is 0 Å². The van der Waals surface area contributed by atoms with Gasteiger partial charge in [-0.25, -0.2) is 0 Å². The summed E-state index contributed by atoms with van der Waals surface area (Å²) >= 11 is 0. The second-order valence-electron chi connectivity index (χ2n) is 4.49. The summed E-state index contributed by atoms with van der Waals surface area (Å²) in [7, 11) is 0. The van der Waals surface area contributed by atoms with Crippen LogP contribution in [0.4, 0.5) is 11.4 Å². The van der Waals surface area contributed by atoms with Crippen molar-refractivity contribution in [3.63, 3.8) is 0 Å². The van der Waals surface area contributed by atoms with Gasteiger partial charge in [-0.3, -0.25) is 9.59 Å². The molecule has 1 atom stereocenters. The van der Waals surface area contributed by atoms with E-state index in [9.17, 15) is 9.59 Å². The minimum atomic E-state index is -0.119. The maximum absolute atomic E-state index is 11.6. The molecular weight excluding hydrogens is 242 g/mol. The predicted molar refractivity (Wildman–Crippen MR) is 77.1 cm³/mol. The summed E-state index contributed by atoms with van der Waals surface area (Å²) in [6.07, 6.45) is 0.907. The highest BCUT2D eigenvalue weighted by Crippen LogP contribution is 2.14. The Labute approximate surface area is 113 Å². The number of carbonyl (C=O) groups excluding carboxylic acids is 2. The molecule has 0 aromatic heterocycles. The summed E-state index contributed by atoms with van der Waals surface area (Å²) in [5.41, 5.74) is 1.50. The molecule has 0 spiro atoms. The van der Waals surface area contributed by atoms with Crippen molar-refractivity contribution in [3.8, 4) is 0 Å². The Bertz CT molecular complexity index is 446. The van der Waals surface area contributed by atoms with Gasteiger partial charge in [-0.2, -0.15) is 0 Å². The van der Waals surface area contributed by atoms with E-state index in [-0.39, 0.29) is 24.4 Å². The van der Waals surface area contributed by atoms with E-state index in [0.717, 1.165) is 12.1 Å². The van der Waals surface area contributed by atoms with Gasteiger partial charge in [0.15, 0.2) is 0 Å². The van der Waals surface area contributed by atoms with E-state index < -0.39 is 0 Å². The number of nitrogens with one attached hydrogen (secondary N) is 3. The second-order valence-corrected chi connectivity index (χ2v) is 4.49. The Morgan fingerprint density at radius 3 is 2.58 bits per heavy atom. The molecule has 0 heterocycles. The molecule has 0 aliphatic carbocycles. The molecule has 0 saturated carbocycles. The zero-order valence-electron chi connectivity index (χ0n) is 11.6. The third-order valence-corrected chi connectivity index (χ3v) is 2.66. The summed E-state index contributed by atoms with van der Waals surface area (Å²) in [5, 5.41) is 8.59. The summed E-state index contributed by atoms with van der Waals surface area (Å²) in [6.45, 7) is 5.66. The molecule has 3 N–H and O–H groups in total. The standard InChI is InChI=1S/C14H21N3O2/c1-4-10(2)16-14(19)9-15-12-6-5-7-13(8-12)17-11(3)18/h5-8,10,15H,4,9H2,1-3H3,(H,16,19)(H,17,18). The lowest BCUT2D eigenvalue weighted by Crippen LogP contribution is -2.36. The van der Waals surface area contributed by atoms with E-state index in [1.54, 1.807) is 12.1 Å². The van der Waals surface area contributed by atoms with E-state index >= 15 is 0 Å². The Morgan fingerprint density at radius 2 is 1.95 bits per heavy atom. The average molecular weight is 263 g/mol. The third kappa shape index (κ3) is 5.90. The molecule has 1 unspecified atom stereocenters.